The fourth-order valence-electron chi connectivity index (χ4n) is 10.0. The normalized spacial score (nSPS) is 16.0. The fraction of sp³-hybridized carbons (Fsp3) is 0.0357. The van der Waals surface area contributed by atoms with E-state index in [0.29, 0.717) is 0 Å². The minimum absolute atomic E-state index is 0.575. The maximum Gasteiger partial charge on any atom is 0.0765 e. The summed E-state index contributed by atoms with van der Waals surface area (Å²) in [7, 11) is 0. The number of hydrogen-bond acceptors (Lipinski definition) is 2. The molecule has 2 aliphatic heterocycles. The van der Waals surface area contributed by atoms with Gasteiger partial charge in [0.15, 0.2) is 0 Å². The molecule has 1 aromatic heterocycles. The summed E-state index contributed by atoms with van der Waals surface area (Å²) in [6, 6.07) is 70.1. The molecule has 1 spiro atoms. The molecule has 278 valence electrons. The Morgan fingerprint density at radius 1 is 0.508 bits per heavy atom. The van der Waals surface area contributed by atoms with Crippen LogP contribution in [-0.2, 0) is 5.41 Å². The van der Waals surface area contributed by atoms with Gasteiger partial charge in [-0.05, 0) is 100.0 Å². The van der Waals surface area contributed by atoms with Crippen molar-refractivity contribution in [3.8, 4) is 16.8 Å². The van der Waals surface area contributed by atoms with Crippen LogP contribution in [0.1, 0.15) is 34.2 Å². The summed E-state index contributed by atoms with van der Waals surface area (Å²) in [5.74, 6) is 0. The van der Waals surface area contributed by atoms with Gasteiger partial charge in [-0.2, -0.15) is 0 Å². The van der Waals surface area contributed by atoms with E-state index in [9.17, 15) is 0 Å². The van der Waals surface area contributed by atoms with Gasteiger partial charge in [0.2, 0.25) is 0 Å². The van der Waals surface area contributed by atoms with Crippen molar-refractivity contribution in [3.63, 3.8) is 0 Å². The van der Waals surface area contributed by atoms with E-state index in [0.717, 1.165) is 23.5 Å². The second-order valence-electron chi connectivity index (χ2n) is 15.5. The standard InChI is InChI=1S/C56H38N2S/c1-2-5-18-38(17-4-1)39-31-33-41(34-32-39)57(50-27-12-8-21-43(50)40-19-6-3-7-20-40)42-35-36-54-49(37-42)56(47-25-11-15-30-53(47)59-54)46-24-10-14-29-52(46)58-51-28-13-9-22-44(51)45-23-16-26-48(56)55(45)58/h1-4,6-37H,5H2. The molecular formula is C56H38N2S. The van der Waals surface area contributed by atoms with E-state index in [1.54, 1.807) is 0 Å². The predicted octanol–water partition coefficient (Wildman–Crippen LogP) is 15.0. The Kier molecular flexibility index (Phi) is 7.79. The van der Waals surface area contributed by atoms with E-state index in [1.807, 2.05) is 11.8 Å². The van der Waals surface area contributed by atoms with E-state index in [-0.39, 0.29) is 0 Å². The molecule has 12 rings (SSSR count). The molecule has 3 aliphatic rings. The summed E-state index contributed by atoms with van der Waals surface area (Å²) in [6.45, 7) is 0. The van der Waals surface area contributed by atoms with Crippen LogP contribution in [0.25, 0.3) is 44.2 Å². The summed E-state index contributed by atoms with van der Waals surface area (Å²) in [5.41, 5.74) is 16.6. The van der Waals surface area contributed by atoms with Crippen molar-refractivity contribution < 1.29 is 0 Å². The summed E-state index contributed by atoms with van der Waals surface area (Å²) < 4.78 is 2.52. The first-order valence-corrected chi connectivity index (χ1v) is 21.2. The molecule has 1 aliphatic carbocycles. The molecule has 8 aromatic carbocycles. The zero-order valence-corrected chi connectivity index (χ0v) is 33.1. The number of aromatic nitrogens is 1. The lowest BCUT2D eigenvalue weighted by Crippen LogP contribution is -2.37. The smallest absolute Gasteiger partial charge is 0.0765 e. The average Bonchev–Trinajstić information content (AvgIpc) is 3.41. The van der Waals surface area contributed by atoms with Crippen LogP contribution in [0.2, 0.25) is 0 Å². The fourth-order valence-corrected chi connectivity index (χ4v) is 11.2. The van der Waals surface area contributed by atoms with E-state index in [2.05, 4.69) is 228 Å². The molecular weight excluding hydrogens is 733 g/mol. The molecule has 9 aromatic rings. The minimum atomic E-state index is -0.575. The van der Waals surface area contributed by atoms with Gasteiger partial charge in [0.1, 0.15) is 0 Å². The van der Waals surface area contributed by atoms with Gasteiger partial charge in [0, 0.05) is 37.5 Å². The van der Waals surface area contributed by atoms with Gasteiger partial charge in [-0.1, -0.05) is 176 Å². The van der Waals surface area contributed by atoms with Crippen molar-refractivity contribution in [2.24, 2.45) is 0 Å². The molecule has 0 N–H and O–H groups in total. The third kappa shape index (κ3) is 5.08. The van der Waals surface area contributed by atoms with Crippen LogP contribution in [0.15, 0.2) is 228 Å². The number of nitrogens with zero attached hydrogens (tertiary/aromatic N) is 2. The van der Waals surface area contributed by atoms with E-state index < -0.39 is 5.41 Å². The second-order valence-corrected chi connectivity index (χ2v) is 16.6. The SMILES string of the molecule is C1=CCC=C(c2ccc(N(c3ccc4c(c3)C3(c5ccccc5S4)c4ccccc4-n4c5ccccc5c5cccc3c54)c3ccccc3-c3ccccc3)cc2)C=C1. The van der Waals surface area contributed by atoms with Crippen molar-refractivity contribution in [3.05, 3.63) is 246 Å². The molecule has 3 heterocycles. The van der Waals surface area contributed by atoms with Gasteiger partial charge in [-0.25, -0.2) is 0 Å². The third-order valence-electron chi connectivity index (χ3n) is 12.5. The first-order valence-electron chi connectivity index (χ1n) is 20.4. The lowest BCUT2D eigenvalue weighted by atomic mass is 9.62. The highest BCUT2D eigenvalue weighted by Crippen LogP contribution is 2.61. The molecule has 1 atom stereocenters. The highest BCUT2D eigenvalue weighted by molar-refractivity contribution is 7.99. The van der Waals surface area contributed by atoms with Crippen molar-refractivity contribution in [1.29, 1.82) is 0 Å². The van der Waals surface area contributed by atoms with Crippen molar-refractivity contribution in [2.45, 2.75) is 21.6 Å². The molecule has 59 heavy (non-hydrogen) atoms. The Hall–Kier alpha value is -7.07. The van der Waals surface area contributed by atoms with Crippen molar-refractivity contribution in [2.75, 3.05) is 4.90 Å². The maximum absolute atomic E-state index is 2.52. The highest BCUT2D eigenvalue weighted by atomic mass is 32.2. The number of para-hydroxylation sites is 4. The lowest BCUT2D eigenvalue weighted by Gasteiger charge is -2.45. The quantitative estimate of drug-likeness (QED) is 0.172. The van der Waals surface area contributed by atoms with Crippen molar-refractivity contribution >= 4 is 56.2 Å². The molecule has 2 nitrogen and oxygen atoms in total. The Balaban J connectivity index is 1.15. The van der Waals surface area contributed by atoms with Gasteiger partial charge in [-0.3, -0.25) is 0 Å². The first kappa shape index (κ1) is 34.0. The highest BCUT2D eigenvalue weighted by Gasteiger charge is 2.49. The zero-order valence-electron chi connectivity index (χ0n) is 32.3. The Labute approximate surface area is 348 Å². The molecule has 0 saturated carbocycles. The Morgan fingerprint density at radius 2 is 1.22 bits per heavy atom. The van der Waals surface area contributed by atoms with Crippen molar-refractivity contribution in [1.82, 2.24) is 4.57 Å². The molecule has 1 unspecified atom stereocenters. The number of benzene rings is 8. The van der Waals surface area contributed by atoms with Crippen LogP contribution in [0, 0.1) is 0 Å². The monoisotopic (exact) mass is 770 g/mol. The summed E-state index contributed by atoms with van der Waals surface area (Å²) in [6.07, 6.45) is 11.9. The van der Waals surface area contributed by atoms with Gasteiger partial charge in [-0.15, -0.1) is 0 Å². The molecule has 0 saturated heterocycles. The first-order chi connectivity index (χ1) is 29.3. The minimum Gasteiger partial charge on any atom is -0.310 e. The summed E-state index contributed by atoms with van der Waals surface area (Å²) >= 11 is 1.89. The molecule has 3 heteroatoms. The van der Waals surface area contributed by atoms with E-state index >= 15 is 0 Å². The number of fused-ring (bicyclic) bond motifs is 11. The summed E-state index contributed by atoms with van der Waals surface area (Å²) in [4.78, 5) is 5.04. The van der Waals surface area contributed by atoms with Gasteiger partial charge in [0.25, 0.3) is 0 Å². The average molecular weight is 771 g/mol. The van der Waals surface area contributed by atoms with Gasteiger partial charge < -0.3 is 9.47 Å². The topological polar surface area (TPSA) is 8.17 Å². The number of hydrogen-bond donors (Lipinski definition) is 0. The predicted molar refractivity (Wildman–Crippen MR) is 248 cm³/mol. The van der Waals surface area contributed by atoms with Crippen LogP contribution in [0.4, 0.5) is 17.1 Å². The number of allylic oxidation sites excluding steroid dienone is 6. The number of rotatable bonds is 5. The lowest BCUT2D eigenvalue weighted by molar-refractivity contribution is 0.689. The van der Waals surface area contributed by atoms with Crippen LogP contribution in [0.3, 0.4) is 0 Å². The van der Waals surface area contributed by atoms with Gasteiger partial charge >= 0.3 is 0 Å². The van der Waals surface area contributed by atoms with Gasteiger partial charge in [0.05, 0.1) is 27.8 Å². The third-order valence-corrected chi connectivity index (χ3v) is 13.6. The van der Waals surface area contributed by atoms with Crippen LogP contribution < -0.4 is 4.90 Å². The largest absolute Gasteiger partial charge is 0.310 e. The number of anilines is 3. The molecule has 0 amide bonds. The Bertz CT molecular complexity index is 3220. The molecule has 0 radical (unpaired) electrons. The molecule has 0 bridgehead atoms. The van der Waals surface area contributed by atoms with Crippen LogP contribution in [0.5, 0.6) is 0 Å². The second kappa shape index (κ2) is 13.5. The van der Waals surface area contributed by atoms with E-state index in [4.69, 9.17) is 0 Å². The zero-order chi connectivity index (χ0) is 38.9. The van der Waals surface area contributed by atoms with E-state index in [1.165, 1.54) is 81.8 Å². The van der Waals surface area contributed by atoms with Crippen LogP contribution in [-0.4, -0.2) is 4.57 Å². The molecule has 0 fully saturated rings. The Morgan fingerprint density at radius 3 is 2.14 bits per heavy atom. The van der Waals surface area contributed by atoms with Crippen LogP contribution >= 0.6 is 11.8 Å². The summed E-state index contributed by atoms with van der Waals surface area (Å²) in [5, 5.41) is 2.57. The maximum atomic E-state index is 2.52.